The van der Waals surface area contributed by atoms with E-state index < -0.39 is 6.17 Å². The lowest BCUT2D eigenvalue weighted by Crippen LogP contribution is -1.93. The molecule has 2 N–H and O–H groups in total. The zero-order chi connectivity index (χ0) is 12.4. The monoisotopic (exact) mass is 236 g/mol. The van der Waals surface area contributed by atoms with Gasteiger partial charge in [-0.1, -0.05) is 11.2 Å². The third-order valence-corrected chi connectivity index (χ3v) is 2.57. The molecule has 0 bridgehead atoms. The first-order chi connectivity index (χ1) is 8.13. The van der Waals surface area contributed by atoms with E-state index in [9.17, 15) is 4.39 Å². The molecule has 1 aromatic carbocycles. The molecule has 0 saturated carbocycles. The lowest BCUT2D eigenvalue weighted by molar-refractivity contribution is 0.373. The van der Waals surface area contributed by atoms with Crippen molar-refractivity contribution in [2.24, 2.45) is 0 Å². The first-order valence-corrected chi connectivity index (χ1v) is 5.16. The van der Waals surface area contributed by atoms with Gasteiger partial charge in [0, 0.05) is 5.56 Å². The molecule has 0 aliphatic rings. The van der Waals surface area contributed by atoms with Crippen molar-refractivity contribution in [1.29, 1.82) is 0 Å². The van der Waals surface area contributed by atoms with E-state index in [1.807, 2.05) is 0 Å². The lowest BCUT2D eigenvalue weighted by atomic mass is 10.0. The van der Waals surface area contributed by atoms with Crippen LogP contribution in [-0.2, 0) is 0 Å². The Morgan fingerprint density at radius 1 is 1.41 bits per heavy atom. The SMILES string of the molecule is COc1ccc(C(C)F)cc1-c1cnoc1N. The predicted octanol–water partition coefficient (Wildman–Crippen LogP) is 2.96. The number of hydrogen-bond donors (Lipinski definition) is 1. The maximum absolute atomic E-state index is 13.3. The maximum Gasteiger partial charge on any atom is 0.230 e. The molecule has 0 amide bonds. The summed E-state index contributed by atoms with van der Waals surface area (Å²) in [5.74, 6) is 0.788. The van der Waals surface area contributed by atoms with E-state index in [4.69, 9.17) is 15.0 Å². The number of nitrogens with zero attached hydrogens (tertiary/aromatic N) is 1. The van der Waals surface area contributed by atoms with Crippen LogP contribution in [0, 0.1) is 0 Å². The van der Waals surface area contributed by atoms with Crippen molar-refractivity contribution < 1.29 is 13.7 Å². The Kier molecular flexibility index (Phi) is 2.99. The molecule has 1 aromatic heterocycles. The minimum absolute atomic E-state index is 0.187. The summed E-state index contributed by atoms with van der Waals surface area (Å²) >= 11 is 0. The van der Waals surface area contributed by atoms with Crippen LogP contribution in [0.25, 0.3) is 11.1 Å². The standard InChI is InChI=1S/C12H13FN2O2/c1-7(13)8-3-4-11(16-2)9(5-8)10-6-15-17-12(10)14/h3-7H,14H2,1-2H3. The Balaban J connectivity index is 2.57. The number of aromatic nitrogens is 1. The fraction of sp³-hybridized carbons (Fsp3) is 0.250. The van der Waals surface area contributed by atoms with Gasteiger partial charge >= 0.3 is 0 Å². The van der Waals surface area contributed by atoms with Gasteiger partial charge in [-0.25, -0.2) is 4.39 Å². The zero-order valence-corrected chi connectivity index (χ0v) is 9.61. The second kappa shape index (κ2) is 4.45. The minimum Gasteiger partial charge on any atom is -0.496 e. The molecule has 2 aromatic rings. The largest absolute Gasteiger partial charge is 0.496 e. The summed E-state index contributed by atoms with van der Waals surface area (Å²) in [6.07, 6.45) is 0.431. The molecule has 0 saturated heterocycles. The van der Waals surface area contributed by atoms with E-state index in [0.29, 0.717) is 22.4 Å². The average Bonchev–Trinajstić information content (AvgIpc) is 2.74. The number of benzene rings is 1. The van der Waals surface area contributed by atoms with E-state index in [-0.39, 0.29) is 5.88 Å². The summed E-state index contributed by atoms with van der Waals surface area (Å²) in [4.78, 5) is 0. The molecule has 0 aliphatic carbocycles. The Hall–Kier alpha value is -2.04. The summed E-state index contributed by atoms with van der Waals surface area (Å²) < 4.78 is 23.3. The number of anilines is 1. The second-order valence-corrected chi connectivity index (χ2v) is 3.68. The van der Waals surface area contributed by atoms with Crippen molar-refractivity contribution in [2.75, 3.05) is 12.8 Å². The van der Waals surface area contributed by atoms with Crippen molar-refractivity contribution in [2.45, 2.75) is 13.1 Å². The van der Waals surface area contributed by atoms with Gasteiger partial charge in [0.2, 0.25) is 5.88 Å². The molecule has 17 heavy (non-hydrogen) atoms. The van der Waals surface area contributed by atoms with Gasteiger partial charge in [-0.15, -0.1) is 0 Å². The summed E-state index contributed by atoms with van der Waals surface area (Å²) in [5.41, 5.74) is 7.48. The molecule has 0 radical (unpaired) electrons. The Bertz CT molecular complexity index is 523. The van der Waals surface area contributed by atoms with E-state index >= 15 is 0 Å². The number of nitrogens with two attached hydrogens (primary N) is 1. The molecule has 2 rings (SSSR count). The molecule has 1 heterocycles. The van der Waals surface area contributed by atoms with Crippen LogP contribution in [-0.4, -0.2) is 12.3 Å². The highest BCUT2D eigenvalue weighted by atomic mass is 19.1. The second-order valence-electron chi connectivity index (χ2n) is 3.68. The number of alkyl halides is 1. The van der Waals surface area contributed by atoms with Gasteiger partial charge < -0.3 is 15.0 Å². The molecule has 0 spiro atoms. The summed E-state index contributed by atoms with van der Waals surface area (Å²) in [5, 5.41) is 3.60. The average molecular weight is 236 g/mol. The number of methoxy groups -OCH3 is 1. The number of ether oxygens (including phenoxy) is 1. The molecule has 4 nitrogen and oxygen atoms in total. The topological polar surface area (TPSA) is 61.3 Å². The van der Waals surface area contributed by atoms with E-state index in [1.54, 1.807) is 25.3 Å². The van der Waals surface area contributed by atoms with Crippen molar-refractivity contribution in [1.82, 2.24) is 5.16 Å². The van der Waals surface area contributed by atoms with E-state index in [0.717, 1.165) is 0 Å². The van der Waals surface area contributed by atoms with Crippen LogP contribution in [0.3, 0.4) is 0 Å². The highest BCUT2D eigenvalue weighted by Gasteiger charge is 2.15. The molecular weight excluding hydrogens is 223 g/mol. The van der Waals surface area contributed by atoms with E-state index in [2.05, 4.69) is 5.16 Å². The van der Waals surface area contributed by atoms with Crippen LogP contribution in [0.15, 0.2) is 28.9 Å². The summed E-state index contributed by atoms with van der Waals surface area (Å²) in [6.45, 7) is 1.47. The van der Waals surface area contributed by atoms with Crippen molar-refractivity contribution in [3.8, 4) is 16.9 Å². The molecule has 1 atom stereocenters. The van der Waals surface area contributed by atoms with Crippen LogP contribution in [0.1, 0.15) is 18.7 Å². The fourth-order valence-corrected chi connectivity index (χ4v) is 1.63. The Labute approximate surface area is 98.2 Å². The third kappa shape index (κ3) is 2.08. The number of halogens is 1. The highest BCUT2D eigenvalue weighted by Crippen LogP contribution is 2.35. The number of hydrogen-bond acceptors (Lipinski definition) is 4. The fourth-order valence-electron chi connectivity index (χ4n) is 1.63. The maximum atomic E-state index is 13.3. The van der Waals surface area contributed by atoms with Gasteiger partial charge in [0.1, 0.15) is 11.9 Å². The van der Waals surface area contributed by atoms with Gasteiger partial charge in [0.25, 0.3) is 0 Å². The van der Waals surface area contributed by atoms with Crippen molar-refractivity contribution in [3.63, 3.8) is 0 Å². The smallest absolute Gasteiger partial charge is 0.230 e. The number of nitrogen functional groups attached to an aromatic ring is 1. The first-order valence-electron chi connectivity index (χ1n) is 5.16. The van der Waals surface area contributed by atoms with Crippen LogP contribution in [0.2, 0.25) is 0 Å². The number of rotatable bonds is 3. The zero-order valence-electron chi connectivity index (χ0n) is 9.61. The van der Waals surface area contributed by atoms with Gasteiger partial charge in [-0.05, 0) is 24.6 Å². The predicted molar refractivity (Wildman–Crippen MR) is 62.4 cm³/mol. The molecular formula is C12H13FN2O2. The van der Waals surface area contributed by atoms with Gasteiger partial charge in [-0.2, -0.15) is 0 Å². The van der Waals surface area contributed by atoms with Crippen molar-refractivity contribution in [3.05, 3.63) is 30.0 Å². The Morgan fingerprint density at radius 3 is 2.71 bits per heavy atom. The van der Waals surface area contributed by atoms with Crippen LogP contribution in [0.4, 0.5) is 10.3 Å². The van der Waals surface area contributed by atoms with Gasteiger partial charge in [0.15, 0.2) is 0 Å². The summed E-state index contributed by atoms with van der Waals surface area (Å²) in [7, 11) is 1.54. The molecule has 0 aliphatic heterocycles. The molecule has 5 heteroatoms. The van der Waals surface area contributed by atoms with Gasteiger partial charge in [-0.3, -0.25) is 0 Å². The first kappa shape index (κ1) is 11.4. The molecule has 1 unspecified atom stereocenters. The van der Waals surface area contributed by atoms with Crippen molar-refractivity contribution >= 4 is 5.88 Å². The summed E-state index contributed by atoms with van der Waals surface area (Å²) in [6, 6.07) is 5.07. The van der Waals surface area contributed by atoms with Gasteiger partial charge in [0.05, 0.1) is 18.9 Å². The Morgan fingerprint density at radius 2 is 2.18 bits per heavy atom. The molecule has 90 valence electrons. The minimum atomic E-state index is -1.05. The van der Waals surface area contributed by atoms with Crippen LogP contribution >= 0.6 is 0 Å². The third-order valence-electron chi connectivity index (χ3n) is 2.57. The molecule has 0 fully saturated rings. The van der Waals surface area contributed by atoms with Crippen LogP contribution in [0.5, 0.6) is 5.75 Å². The normalized spacial score (nSPS) is 12.4. The quantitative estimate of drug-likeness (QED) is 0.889. The lowest BCUT2D eigenvalue weighted by Gasteiger charge is -2.10. The van der Waals surface area contributed by atoms with Crippen LogP contribution < -0.4 is 10.5 Å². The van der Waals surface area contributed by atoms with E-state index in [1.165, 1.54) is 13.1 Å². The highest BCUT2D eigenvalue weighted by molar-refractivity contribution is 5.77.